The van der Waals surface area contributed by atoms with E-state index < -0.39 is 5.91 Å². The molecule has 0 aromatic heterocycles. The fourth-order valence-corrected chi connectivity index (χ4v) is 2.99. The van der Waals surface area contributed by atoms with Crippen molar-refractivity contribution in [3.05, 3.63) is 29.8 Å². The molecule has 0 aliphatic carbocycles. The van der Waals surface area contributed by atoms with Crippen LogP contribution in [0.15, 0.2) is 29.3 Å². The minimum Gasteiger partial charge on any atom is -0.484 e. The van der Waals surface area contributed by atoms with Crippen LogP contribution in [0.4, 0.5) is 0 Å². The topological polar surface area (TPSA) is 101 Å². The number of guanidine groups is 1. The fourth-order valence-electron chi connectivity index (χ4n) is 2.99. The lowest BCUT2D eigenvalue weighted by atomic mass is 10.1. The number of hydrogen-bond donors (Lipinski definition) is 3. The lowest BCUT2D eigenvalue weighted by Crippen LogP contribution is -2.48. The first kappa shape index (κ1) is 24.4. The Morgan fingerprint density at radius 1 is 1.36 bits per heavy atom. The van der Waals surface area contributed by atoms with E-state index in [4.69, 9.17) is 15.2 Å². The van der Waals surface area contributed by atoms with E-state index in [1.807, 2.05) is 18.2 Å². The number of likely N-dealkylation sites (tertiary alicyclic amines) is 1. The molecule has 1 aromatic rings. The molecule has 1 heterocycles. The highest BCUT2D eigenvalue weighted by molar-refractivity contribution is 14.0. The Morgan fingerprint density at radius 3 is 2.75 bits per heavy atom. The average molecular weight is 505 g/mol. The van der Waals surface area contributed by atoms with Crippen LogP contribution in [0.2, 0.25) is 0 Å². The molecule has 1 fully saturated rings. The molecule has 1 aliphatic heterocycles. The third kappa shape index (κ3) is 9.07. The molecule has 0 spiro atoms. The molecule has 9 heteroatoms. The largest absolute Gasteiger partial charge is 0.484 e. The maximum absolute atomic E-state index is 10.8. The van der Waals surface area contributed by atoms with Crippen LogP contribution < -0.4 is 21.1 Å². The highest BCUT2D eigenvalue weighted by Gasteiger charge is 2.19. The van der Waals surface area contributed by atoms with E-state index in [0.717, 1.165) is 50.6 Å². The van der Waals surface area contributed by atoms with Gasteiger partial charge in [-0.2, -0.15) is 0 Å². The first-order chi connectivity index (χ1) is 13.1. The molecule has 0 saturated carbocycles. The van der Waals surface area contributed by atoms with E-state index in [0.29, 0.717) is 18.3 Å². The van der Waals surface area contributed by atoms with Gasteiger partial charge in [0.2, 0.25) is 0 Å². The smallest absolute Gasteiger partial charge is 0.255 e. The van der Waals surface area contributed by atoms with Crippen molar-refractivity contribution in [3.8, 4) is 5.75 Å². The zero-order chi connectivity index (χ0) is 19.5. The molecule has 4 N–H and O–H groups in total. The number of amides is 1. The van der Waals surface area contributed by atoms with Crippen molar-refractivity contribution in [1.29, 1.82) is 0 Å². The van der Waals surface area contributed by atoms with Crippen LogP contribution in [-0.2, 0) is 16.1 Å². The Balaban J connectivity index is 0.00000392. The van der Waals surface area contributed by atoms with Crippen LogP contribution in [0, 0.1) is 0 Å². The van der Waals surface area contributed by atoms with Crippen LogP contribution in [0.1, 0.15) is 18.4 Å². The number of carbonyl (C=O) groups excluding carboxylic acids is 1. The summed E-state index contributed by atoms with van der Waals surface area (Å²) >= 11 is 0. The standard InChI is InChI=1S/C19H31N5O3.HI/c1-21-19(23-16-6-8-24(9-7-16)10-11-26-2)22-13-15-4-3-5-17(12-15)27-14-18(20)25;/h3-5,12,16H,6-11,13-14H2,1-2H3,(H2,20,25)(H2,21,22,23);1H. The summed E-state index contributed by atoms with van der Waals surface area (Å²) in [7, 11) is 3.51. The number of rotatable bonds is 9. The van der Waals surface area contributed by atoms with Crippen molar-refractivity contribution in [2.24, 2.45) is 10.7 Å². The molecule has 1 amide bonds. The third-order valence-electron chi connectivity index (χ3n) is 4.50. The van der Waals surface area contributed by atoms with Crippen molar-refractivity contribution in [2.75, 3.05) is 47.0 Å². The molecule has 0 bridgehead atoms. The number of methoxy groups -OCH3 is 1. The van der Waals surface area contributed by atoms with E-state index in [-0.39, 0.29) is 30.6 Å². The number of hydrogen-bond acceptors (Lipinski definition) is 5. The number of nitrogens with zero attached hydrogens (tertiary/aromatic N) is 2. The van der Waals surface area contributed by atoms with Gasteiger partial charge in [-0.05, 0) is 30.5 Å². The van der Waals surface area contributed by atoms with Gasteiger partial charge in [-0.3, -0.25) is 9.79 Å². The van der Waals surface area contributed by atoms with Gasteiger partial charge in [-0.15, -0.1) is 24.0 Å². The normalized spacial score (nSPS) is 15.6. The zero-order valence-corrected chi connectivity index (χ0v) is 19.0. The molecule has 2 rings (SSSR count). The van der Waals surface area contributed by atoms with Crippen molar-refractivity contribution < 1.29 is 14.3 Å². The Morgan fingerprint density at radius 2 is 2.11 bits per heavy atom. The summed E-state index contributed by atoms with van der Waals surface area (Å²) in [6, 6.07) is 7.99. The lowest BCUT2D eigenvalue weighted by Gasteiger charge is -2.32. The third-order valence-corrected chi connectivity index (χ3v) is 4.50. The SMILES string of the molecule is CN=C(NCc1cccc(OCC(N)=O)c1)NC1CCN(CCOC)CC1.I. The summed E-state index contributed by atoms with van der Waals surface area (Å²) in [6.45, 7) is 4.39. The molecule has 0 unspecified atom stereocenters. The molecule has 28 heavy (non-hydrogen) atoms. The highest BCUT2D eigenvalue weighted by Crippen LogP contribution is 2.13. The summed E-state index contributed by atoms with van der Waals surface area (Å²) in [5.41, 5.74) is 6.14. The predicted molar refractivity (Wildman–Crippen MR) is 121 cm³/mol. The van der Waals surface area contributed by atoms with Crippen LogP contribution in [0.25, 0.3) is 0 Å². The van der Waals surface area contributed by atoms with Gasteiger partial charge in [0.15, 0.2) is 12.6 Å². The van der Waals surface area contributed by atoms with Gasteiger partial charge in [0.1, 0.15) is 5.75 Å². The minimum atomic E-state index is -0.489. The molecule has 8 nitrogen and oxygen atoms in total. The second kappa shape index (κ2) is 13.6. The van der Waals surface area contributed by atoms with Gasteiger partial charge in [-0.25, -0.2) is 0 Å². The molecule has 1 aliphatic rings. The first-order valence-corrected chi connectivity index (χ1v) is 9.29. The maximum atomic E-state index is 10.8. The number of halogens is 1. The number of nitrogens with two attached hydrogens (primary N) is 1. The van der Waals surface area contributed by atoms with Gasteiger partial charge in [-0.1, -0.05) is 12.1 Å². The molecule has 1 aromatic carbocycles. The predicted octanol–water partition coefficient (Wildman–Crippen LogP) is 0.945. The maximum Gasteiger partial charge on any atom is 0.255 e. The van der Waals surface area contributed by atoms with Crippen molar-refractivity contribution in [3.63, 3.8) is 0 Å². The number of piperidine rings is 1. The summed E-state index contributed by atoms with van der Waals surface area (Å²) in [5.74, 6) is 0.921. The Kier molecular flexibility index (Phi) is 11.8. The number of benzene rings is 1. The van der Waals surface area contributed by atoms with E-state index in [2.05, 4.69) is 20.5 Å². The minimum absolute atomic E-state index is 0. The Labute approximate surface area is 184 Å². The van der Waals surface area contributed by atoms with Crippen molar-refractivity contribution >= 4 is 35.8 Å². The molecule has 0 radical (unpaired) electrons. The number of ether oxygens (including phenoxy) is 2. The van der Waals surface area contributed by atoms with Crippen LogP contribution in [0.5, 0.6) is 5.75 Å². The second-order valence-corrected chi connectivity index (χ2v) is 6.58. The zero-order valence-electron chi connectivity index (χ0n) is 16.6. The molecule has 158 valence electrons. The van der Waals surface area contributed by atoms with Crippen molar-refractivity contribution in [2.45, 2.75) is 25.4 Å². The lowest BCUT2D eigenvalue weighted by molar-refractivity contribution is -0.119. The van der Waals surface area contributed by atoms with E-state index >= 15 is 0 Å². The fraction of sp³-hybridized carbons (Fsp3) is 0.579. The quantitative estimate of drug-likeness (QED) is 0.263. The number of nitrogens with one attached hydrogen (secondary N) is 2. The number of aliphatic imine (C=N–C) groups is 1. The summed E-state index contributed by atoms with van der Waals surface area (Å²) in [4.78, 5) is 17.6. The first-order valence-electron chi connectivity index (χ1n) is 9.29. The van der Waals surface area contributed by atoms with Crippen LogP contribution in [-0.4, -0.2) is 69.8 Å². The Bertz CT molecular complexity index is 621. The van der Waals surface area contributed by atoms with Crippen molar-refractivity contribution in [1.82, 2.24) is 15.5 Å². The molecule has 0 atom stereocenters. The molecular formula is C19H32IN5O3. The Hall–Kier alpha value is -1.59. The summed E-state index contributed by atoms with van der Waals surface area (Å²) in [5, 5.41) is 6.82. The van der Waals surface area contributed by atoms with E-state index in [1.165, 1.54) is 0 Å². The van der Waals surface area contributed by atoms with Gasteiger partial charge in [0.05, 0.1) is 6.61 Å². The summed E-state index contributed by atoms with van der Waals surface area (Å²) in [6.07, 6.45) is 2.17. The summed E-state index contributed by atoms with van der Waals surface area (Å²) < 4.78 is 10.5. The monoisotopic (exact) mass is 505 g/mol. The van der Waals surface area contributed by atoms with E-state index in [1.54, 1.807) is 20.2 Å². The van der Waals surface area contributed by atoms with E-state index in [9.17, 15) is 4.79 Å². The average Bonchev–Trinajstić information content (AvgIpc) is 2.69. The van der Waals surface area contributed by atoms with Crippen LogP contribution in [0.3, 0.4) is 0 Å². The number of primary amides is 1. The second-order valence-electron chi connectivity index (χ2n) is 6.58. The molecular weight excluding hydrogens is 473 g/mol. The van der Waals surface area contributed by atoms with Gasteiger partial charge < -0.3 is 30.7 Å². The van der Waals surface area contributed by atoms with Crippen LogP contribution >= 0.6 is 24.0 Å². The van der Waals surface area contributed by atoms with Gasteiger partial charge in [0.25, 0.3) is 5.91 Å². The highest BCUT2D eigenvalue weighted by atomic mass is 127. The van der Waals surface area contributed by atoms with Gasteiger partial charge >= 0.3 is 0 Å². The van der Waals surface area contributed by atoms with Gasteiger partial charge in [0, 0.05) is 46.4 Å². The number of carbonyl (C=O) groups is 1. The molecule has 1 saturated heterocycles.